The number of halogens is 3. The van der Waals surface area contributed by atoms with E-state index in [0.717, 1.165) is 0 Å². The van der Waals surface area contributed by atoms with Crippen LogP contribution >= 0.6 is 0 Å². The third-order valence-corrected chi connectivity index (χ3v) is 3.01. The Labute approximate surface area is 90.6 Å². The lowest BCUT2D eigenvalue weighted by atomic mass is 9.97. The first kappa shape index (κ1) is 14.8. The molecular formula is C11H22F3N. The summed E-state index contributed by atoms with van der Waals surface area (Å²) in [5, 5.41) is 0. The van der Waals surface area contributed by atoms with E-state index in [9.17, 15) is 13.2 Å². The lowest BCUT2D eigenvalue weighted by Crippen LogP contribution is -2.51. The molecule has 0 heterocycles. The highest BCUT2D eigenvalue weighted by molar-refractivity contribution is 4.83. The first-order valence-electron chi connectivity index (χ1n) is 5.37. The van der Waals surface area contributed by atoms with E-state index >= 15 is 0 Å². The van der Waals surface area contributed by atoms with Gasteiger partial charge in [-0.3, -0.25) is 4.90 Å². The van der Waals surface area contributed by atoms with E-state index in [1.54, 1.807) is 20.9 Å². The summed E-state index contributed by atoms with van der Waals surface area (Å²) in [6, 6.07) is -1.42. The van der Waals surface area contributed by atoms with E-state index in [-0.39, 0.29) is 12.0 Å². The summed E-state index contributed by atoms with van der Waals surface area (Å²) in [6.07, 6.45) is -4.15. The molecule has 0 aliphatic heterocycles. The van der Waals surface area contributed by atoms with Gasteiger partial charge >= 0.3 is 6.18 Å². The topological polar surface area (TPSA) is 3.24 Å². The molecule has 0 fully saturated rings. The van der Waals surface area contributed by atoms with Crippen LogP contribution in [-0.2, 0) is 0 Å². The molecular weight excluding hydrogens is 203 g/mol. The van der Waals surface area contributed by atoms with Gasteiger partial charge in [0.05, 0.1) is 0 Å². The molecule has 0 saturated carbocycles. The molecule has 0 spiro atoms. The van der Waals surface area contributed by atoms with Gasteiger partial charge in [-0.1, -0.05) is 27.7 Å². The lowest BCUT2D eigenvalue weighted by molar-refractivity contribution is -0.198. The van der Waals surface area contributed by atoms with Gasteiger partial charge in [-0.15, -0.1) is 0 Å². The van der Waals surface area contributed by atoms with E-state index in [4.69, 9.17) is 0 Å². The minimum atomic E-state index is -4.15. The summed E-state index contributed by atoms with van der Waals surface area (Å²) in [4.78, 5) is 1.44. The van der Waals surface area contributed by atoms with Crippen LogP contribution in [0.15, 0.2) is 0 Å². The molecule has 0 saturated heterocycles. The Morgan fingerprint density at radius 2 is 1.27 bits per heavy atom. The highest BCUT2D eigenvalue weighted by Gasteiger charge is 2.45. The van der Waals surface area contributed by atoms with Crippen molar-refractivity contribution in [3.63, 3.8) is 0 Å². The Kier molecular flexibility index (Phi) is 5.10. The van der Waals surface area contributed by atoms with E-state index in [2.05, 4.69) is 0 Å². The molecule has 0 amide bonds. The molecule has 0 N–H and O–H groups in total. The minimum absolute atomic E-state index is 0.0703. The summed E-state index contributed by atoms with van der Waals surface area (Å²) in [5.74, 6) is -0.199. The lowest BCUT2D eigenvalue weighted by Gasteiger charge is -2.38. The van der Waals surface area contributed by atoms with Crippen molar-refractivity contribution >= 4 is 0 Å². The van der Waals surface area contributed by atoms with Gasteiger partial charge in [0, 0.05) is 6.04 Å². The third kappa shape index (κ3) is 4.01. The van der Waals surface area contributed by atoms with E-state index in [0.29, 0.717) is 0 Å². The average Bonchev–Trinajstić information content (AvgIpc) is 1.98. The van der Waals surface area contributed by atoms with Crippen LogP contribution < -0.4 is 0 Å². The molecule has 0 aromatic carbocycles. The molecule has 0 bridgehead atoms. The molecule has 0 aromatic rings. The van der Waals surface area contributed by atoms with Gasteiger partial charge in [-0.25, -0.2) is 0 Å². The summed E-state index contributed by atoms with van der Waals surface area (Å²) in [7, 11) is 1.56. The van der Waals surface area contributed by atoms with Crippen molar-refractivity contribution < 1.29 is 13.2 Å². The largest absolute Gasteiger partial charge is 0.404 e. The molecule has 0 aromatic heterocycles. The van der Waals surface area contributed by atoms with Gasteiger partial charge in [0.1, 0.15) is 6.04 Å². The van der Waals surface area contributed by atoms with Gasteiger partial charge in [-0.2, -0.15) is 13.2 Å². The quantitative estimate of drug-likeness (QED) is 0.707. The molecule has 15 heavy (non-hydrogen) atoms. The second kappa shape index (κ2) is 5.19. The number of nitrogens with zero attached hydrogens (tertiary/aromatic N) is 1. The maximum Gasteiger partial charge on any atom is 0.404 e. The highest BCUT2D eigenvalue weighted by Crippen LogP contribution is 2.31. The van der Waals surface area contributed by atoms with Crippen LogP contribution in [-0.4, -0.2) is 30.2 Å². The molecule has 0 aliphatic rings. The Hall–Kier alpha value is -0.250. The fourth-order valence-electron chi connectivity index (χ4n) is 1.80. The normalized spacial score (nSPS) is 17.6. The van der Waals surface area contributed by atoms with Crippen molar-refractivity contribution in [3.05, 3.63) is 0 Å². The number of hydrogen-bond donors (Lipinski definition) is 0. The highest BCUT2D eigenvalue weighted by atomic mass is 19.4. The van der Waals surface area contributed by atoms with Gasteiger partial charge in [0.25, 0.3) is 0 Å². The molecule has 0 radical (unpaired) electrons. The summed E-state index contributed by atoms with van der Waals surface area (Å²) in [5.41, 5.74) is 0. The van der Waals surface area contributed by atoms with Crippen LogP contribution in [0.4, 0.5) is 13.2 Å². The van der Waals surface area contributed by atoms with Gasteiger partial charge in [-0.05, 0) is 25.8 Å². The number of alkyl halides is 3. The molecule has 0 unspecified atom stereocenters. The Balaban J connectivity index is 4.79. The van der Waals surface area contributed by atoms with Gasteiger partial charge in [0.15, 0.2) is 0 Å². The molecule has 2 atom stereocenters. The van der Waals surface area contributed by atoms with Crippen LogP contribution in [0.2, 0.25) is 0 Å². The van der Waals surface area contributed by atoms with Crippen LogP contribution in [0.1, 0.15) is 34.6 Å². The van der Waals surface area contributed by atoms with Gasteiger partial charge in [0.2, 0.25) is 0 Å². The zero-order chi connectivity index (χ0) is 12.4. The maximum absolute atomic E-state index is 12.8. The van der Waals surface area contributed by atoms with Gasteiger partial charge < -0.3 is 0 Å². The van der Waals surface area contributed by atoms with Crippen LogP contribution in [0, 0.1) is 11.8 Å². The first-order chi connectivity index (χ1) is 6.59. The van der Waals surface area contributed by atoms with Crippen molar-refractivity contribution in [1.29, 1.82) is 0 Å². The van der Waals surface area contributed by atoms with E-state index in [1.807, 2.05) is 20.8 Å². The Morgan fingerprint density at radius 3 is 1.47 bits per heavy atom. The average molecular weight is 225 g/mol. The van der Waals surface area contributed by atoms with Crippen LogP contribution in [0.25, 0.3) is 0 Å². The Bertz CT molecular complexity index is 187. The fourth-order valence-corrected chi connectivity index (χ4v) is 1.80. The van der Waals surface area contributed by atoms with Crippen LogP contribution in [0.5, 0.6) is 0 Å². The first-order valence-corrected chi connectivity index (χ1v) is 5.37. The van der Waals surface area contributed by atoms with Crippen molar-refractivity contribution in [3.8, 4) is 0 Å². The zero-order valence-electron chi connectivity index (χ0n) is 10.4. The summed E-state index contributed by atoms with van der Waals surface area (Å²) >= 11 is 0. The molecule has 0 rings (SSSR count). The monoisotopic (exact) mass is 225 g/mol. The standard InChI is InChI=1S/C11H22F3N/c1-7(2)9(5)15(6)10(8(3)4)11(12,13)14/h7-10H,1-6H3/t9-,10+/m1/s1. The predicted molar refractivity (Wildman–Crippen MR) is 56.7 cm³/mol. The van der Waals surface area contributed by atoms with Crippen molar-refractivity contribution in [2.75, 3.05) is 7.05 Å². The second-order valence-electron chi connectivity index (χ2n) is 4.88. The zero-order valence-corrected chi connectivity index (χ0v) is 10.4. The maximum atomic E-state index is 12.8. The molecule has 1 nitrogen and oxygen atoms in total. The SMILES string of the molecule is CC(C)[C@@H](C)N(C)[C@@H](C(C)C)C(F)(F)F. The van der Waals surface area contributed by atoms with Crippen molar-refractivity contribution in [1.82, 2.24) is 4.90 Å². The third-order valence-electron chi connectivity index (χ3n) is 3.01. The van der Waals surface area contributed by atoms with Crippen molar-refractivity contribution in [2.45, 2.75) is 52.9 Å². The fraction of sp³-hybridized carbons (Fsp3) is 1.00. The summed E-state index contributed by atoms with van der Waals surface area (Å²) in [6.45, 7) is 8.94. The number of rotatable bonds is 4. The Morgan fingerprint density at radius 1 is 0.867 bits per heavy atom. The van der Waals surface area contributed by atoms with E-state index in [1.165, 1.54) is 4.90 Å². The van der Waals surface area contributed by atoms with E-state index < -0.39 is 18.1 Å². The smallest absolute Gasteiger partial charge is 0.292 e. The summed E-state index contributed by atoms with van der Waals surface area (Å²) < 4.78 is 38.4. The molecule has 92 valence electrons. The van der Waals surface area contributed by atoms with Crippen LogP contribution in [0.3, 0.4) is 0 Å². The minimum Gasteiger partial charge on any atom is -0.292 e. The van der Waals surface area contributed by atoms with Crippen molar-refractivity contribution in [2.24, 2.45) is 11.8 Å². The second-order valence-corrected chi connectivity index (χ2v) is 4.88. The molecule has 0 aliphatic carbocycles. The molecule has 4 heteroatoms. The number of hydrogen-bond acceptors (Lipinski definition) is 1. The predicted octanol–water partition coefficient (Wildman–Crippen LogP) is 3.55.